The van der Waals surface area contributed by atoms with E-state index in [2.05, 4.69) is 17.9 Å². The van der Waals surface area contributed by atoms with E-state index in [4.69, 9.17) is 0 Å². The Morgan fingerprint density at radius 3 is 2.24 bits per heavy atom. The van der Waals surface area contributed by atoms with E-state index >= 15 is 0 Å². The van der Waals surface area contributed by atoms with Gasteiger partial charge in [-0.3, -0.25) is 0 Å². The summed E-state index contributed by atoms with van der Waals surface area (Å²) in [5.41, 5.74) is 0.810. The molecule has 1 aromatic carbocycles. The highest BCUT2D eigenvalue weighted by Gasteiger charge is 2.25. The third-order valence-corrected chi connectivity index (χ3v) is 6.89. The maximum Gasteiger partial charge on any atom is 0.200 e. The van der Waals surface area contributed by atoms with Crippen LogP contribution in [0.3, 0.4) is 0 Å². The van der Waals surface area contributed by atoms with Gasteiger partial charge in [0.1, 0.15) is 5.76 Å². The minimum atomic E-state index is -1.15. The van der Waals surface area contributed by atoms with Gasteiger partial charge in [0, 0.05) is 0 Å². The number of hydrogen-bond acceptors (Lipinski definition) is 2. The zero-order chi connectivity index (χ0) is 24.7. The molecule has 0 saturated heterocycles. The number of ether oxygens (including phenoxy) is 1. The van der Waals surface area contributed by atoms with Crippen molar-refractivity contribution in [2.45, 2.75) is 77.2 Å². The van der Waals surface area contributed by atoms with E-state index in [0.717, 1.165) is 0 Å². The molecule has 1 aliphatic carbocycles. The Morgan fingerprint density at radius 2 is 1.64 bits per heavy atom. The van der Waals surface area contributed by atoms with Crippen LogP contribution in [0.1, 0.15) is 75.8 Å². The highest BCUT2D eigenvalue weighted by molar-refractivity contribution is 5.33. The van der Waals surface area contributed by atoms with Gasteiger partial charge in [-0.1, -0.05) is 45.6 Å². The topological polar surface area (TPSA) is 29.5 Å². The number of aryl methyl sites for hydroxylation is 1. The van der Waals surface area contributed by atoms with Crippen LogP contribution in [0.25, 0.3) is 0 Å². The molecule has 1 aliphatic rings. The van der Waals surface area contributed by atoms with Crippen molar-refractivity contribution in [1.82, 2.24) is 0 Å². The van der Waals surface area contributed by atoms with Gasteiger partial charge in [-0.15, -0.1) is 0 Å². The molecule has 2 nitrogen and oxygen atoms in total. The lowest BCUT2D eigenvalue weighted by atomic mass is 9.82. The molecule has 1 saturated carbocycles. The van der Waals surface area contributed by atoms with E-state index in [0.29, 0.717) is 62.5 Å². The van der Waals surface area contributed by atoms with Gasteiger partial charge in [-0.05, 0) is 79.4 Å². The second kappa shape index (κ2) is 12.4. The number of halogens is 4. The lowest BCUT2D eigenvalue weighted by Gasteiger charge is -2.26. The molecule has 184 valence electrons. The molecule has 2 atom stereocenters. The Labute approximate surface area is 195 Å². The van der Waals surface area contributed by atoms with Gasteiger partial charge < -0.3 is 9.84 Å². The van der Waals surface area contributed by atoms with Gasteiger partial charge in [-0.2, -0.15) is 4.39 Å². The molecule has 0 aromatic heterocycles. The number of aliphatic hydroxyl groups excluding tert-OH is 1. The first kappa shape index (κ1) is 27.2. The first-order chi connectivity index (χ1) is 15.6. The number of rotatable bonds is 11. The van der Waals surface area contributed by atoms with E-state index in [1.807, 2.05) is 6.92 Å². The molecule has 2 unspecified atom stereocenters. The van der Waals surface area contributed by atoms with Gasteiger partial charge in [0.2, 0.25) is 0 Å². The summed E-state index contributed by atoms with van der Waals surface area (Å²) in [7, 11) is 1.21. The van der Waals surface area contributed by atoms with Crippen LogP contribution in [0.15, 0.2) is 48.3 Å². The average molecular weight is 469 g/mol. The largest absolute Gasteiger partial charge is 0.494 e. The molecule has 0 bridgehead atoms. The van der Waals surface area contributed by atoms with Gasteiger partial charge in [0.25, 0.3) is 0 Å². The minimum absolute atomic E-state index is 0.0502. The van der Waals surface area contributed by atoms with Crippen LogP contribution < -0.4 is 0 Å². The SMILES string of the molecule is C=C(OC)/C(F)=C(/F)C(=C)C(C)CCC(C)CCc1ccc(C2CCC(O)CC2)c(F)c1F. The van der Waals surface area contributed by atoms with E-state index in [1.54, 1.807) is 19.1 Å². The Hall–Kier alpha value is -2.08. The van der Waals surface area contributed by atoms with Crippen LogP contribution in [0.2, 0.25) is 0 Å². The summed E-state index contributed by atoms with van der Waals surface area (Å²) >= 11 is 0. The monoisotopic (exact) mass is 468 g/mol. The van der Waals surface area contributed by atoms with Crippen molar-refractivity contribution in [2.75, 3.05) is 7.11 Å². The van der Waals surface area contributed by atoms with Crippen molar-refractivity contribution in [2.24, 2.45) is 11.8 Å². The lowest BCUT2D eigenvalue weighted by molar-refractivity contribution is 0.122. The molecule has 0 aliphatic heterocycles. The van der Waals surface area contributed by atoms with Gasteiger partial charge >= 0.3 is 0 Å². The summed E-state index contributed by atoms with van der Waals surface area (Å²) in [6.45, 7) is 10.7. The quantitative estimate of drug-likeness (QED) is 0.204. The fourth-order valence-electron chi connectivity index (χ4n) is 4.32. The molecule has 1 aromatic rings. The fourth-order valence-corrected chi connectivity index (χ4v) is 4.32. The predicted octanol–water partition coefficient (Wildman–Crippen LogP) is 7.84. The zero-order valence-electron chi connectivity index (χ0n) is 19.9. The highest BCUT2D eigenvalue weighted by atomic mass is 19.2. The van der Waals surface area contributed by atoms with Crippen molar-refractivity contribution in [3.63, 3.8) is 0 Å². The van der Waals surface area contributed by atoms with Crippen LogP contribution in [0, 0.1) is 23.5 Å². The van der Waals surface area contributed by atoms with Crippen molar-refractivity contribution in [1.29, 1.82) is 0 Å². The summed E-state index contributed by atoms with van der Waals surface area (Å²) < 4.78 is 62.1. The standard InChI is InChI=1S/C27H36F4O2/c1-16(6-8-17(2)18(3)24(28)25(29)19(4)33-5)7-9-21-12-15-23(27(31)26(21)30)20-10-13-22(32)14-11-20/h12,15-17,20,22,32H,3-4,6-11,13-14H2,1-2,5H3/b25-24-. The maximum atomic E-state index is 14.7. The normalized spacial score (nSPS) is 21.2. The van der Waals surface area contributed by atoms with Crippen LogP contribution in [-0.4, -0.2) is 18.3 Å². The van der Waals surface area contributed by atoms with Crippen LogP contribution >= 0.6 is 0 Å². The first-order valence-corrected chi connectivity index (χ1v) is 11.7. The summed E-state index contributed by atoms with van der Waals surface area (Å²) in [6, 6.07) is 3.35. The molecular formula is C27H36F4O2. The smallest absolute Gasteiger partial charge is 0.200 e. The summed E-state index contributed by atoms with van der Waals surface area (Å²) in [5.74, 6) is -4.28. The van der Waals surface area contributed by atoms with Crippen LogP contribution in [0.5, 0.6) is 0 Å². The Bertz CT molecular complexity index is 869. The molecular weight excluding hydrogens is 432 g/mol. The molecule has 1 fully saturated rings. The number of allylic oxidation sites excluding steroid dienone is 3. The molecule has 2 rings (SSSR count). The molecule has 0 amide bonds. The third-order valence-electron chi connectivity index (χ3n) is 6.89. The van der Waals surface area contributed by atoms with Crippen molar-refractivity contribution in [3.05, 3.63) is 71.0 Å². The van der Waals surface area contributed by atoms with Crippen molar-refractivity contribution >= 4 is 0 Å². The molecule has 6 heteroatoms. The van der Waals surface area contributed by atoms with E-state index in [9.17, 15) is 22.7 Å². The fraction of sp³-hybridized carbons (Fsp3) is 0.556. The molecule has 0 heterocycles. The Morgan fingerprint density at radius 1 is 1.00 bits per heavy atom. The minimum Gasteiger partial charge on any atom is -0.494 e. The molecule has 0 radical (unpaired) electrons. The number of hydrogen-bond donors (Lipinski definition) is 1. The zero-order valence-corrected chi connectivity index (χ0v) is 19.9. The number of aliphatic hydroxyl groups is 1. The summed E-state index contributed by atoms with van der Waals surface area (Å²) in [4.78, 5) is 0. The van der Waals surface area contributed by atoms with Crippen LogP contribution in [0.4, 0.5) is 17.6 Å². The molecule has 33 heavy (non-hydrogen) atoms. The second-order valence-electron chi connectivity index (χ2n) is 9.35. The predicted molar refractivity (Wildman–Crippen MR) is 124 cm³/mol. The number of methoxy groups -OCH3 is 1. The third kappa shape index (κ3) is 7.20. The van der Waals surface area contributed by atoms with Crippen molar-refractivity contribution < 1.29 is 27.4 Å². The van der Waals surface area contributed by atoms with E-state index < -0.39 is 23.3 Å². The van der Waals surface area contributed by atoms with Gasteiger partial charge in [-0.25, -0.2) is 13.2 Å². The summed E-state index contributed by atoms with van der Waals surface area (Å²) in [5, 5.41) is 9.64. The van der Waals surface area contributed by atoms with E-state index in [1.165, 1.54) is 7.11 Å². The Balaban J connectivity index is 1.89. The second-order valence-corrected chi connectivity index (χ2v) is 9.35. The first-order valence-electron chi connectivity index (χ1n) is 11.7. The molecule has 0 spiro atoms. The molecule has 1 N–H and O–H groups in total. The highest BCUT2D eigenvalue weighted by Crippen LogP contribution is 2.36. The van der Waals surface area contributed by atoms with Crippen molar-refractivity contribution in [3.8, 4) is 0 Å². The van der Waals surface area contributed by atoms with E-state index in [-0.39, 0.29) is 35.2 Å². The Kier molecular flexibility index (Phi) is 10.2. The van der Waals surface area contributed by atoms with Gasteiger partial charge in [0.05, 0.1) is 13.2 Å². The summed E-state index contributed by atoms with van der Waals surface area (Å²) in [6.07, 6.45) is 4.57. The van der Waals surface area contributed by atoms with Crippen LogP contribution in [-0.2, 0) is 11.2 Å². The average Bonchev–Trinajstić information content (AvgIpc) is 2.82. The number of benzene rings is 1. The lowest BCUT2D eigenvalue weighted by Crippen LogP contribution is -2.18. The van der Waals surface area contributed by atoms with Gasteiger partial charge in [0.15, 0.2) is 23.3 Å². The maximum absolute atomic E-state index is 14.7.